The summed E-state index contributed by atoms with van der Waals surface area (Å²) in [5, 5.41) is 12.9. The summed E-state index contributed by atoms with van der Waals surface area (Å²) in [4.78, 5) is 33.7. The van der Waals surface area contributed by atoms with Crippen LogP contribution in [0.5, 0.6) is 0 Å². The van der Waals surface area contributed by atoms with E-state index >= 15 is 0 Å². The van der Waals surface area contributed by atoms with Gasteiger partial charge in [0.25, 0.3) is 0 Å². The van der Waals surface area contributed by atoms with Crippen LogP contribution in [0.4, 0.5) is 13.2 Å². The molecule has 1 rings (SSSR count). The number of hydrogen-bond acceptors (Lipinski definition) is 3. The largest absolute Gasteiger partial charge is 0.481 e. The van der Waals surface area contributed by atoms with Crippen molar-refractivity contribution in [2.45, 2.75) is 50.2 Å². The first-order valence-corrected chi connectivity index (χ1v) is 6.48. The Kier molecular flexibility index (Phi) is 5.56. The van der Waals surface area contributed by atoms with Gasteiger partial charge in [0.1, 0.15) is 13.0 Å². The van der Waals surface area contributed by atoms with Gasteiger partial charge in [-0.2, -0.15) is 13.2 Å². The summed E-state index contributed by atoms with van der Waals surface area (Å²) in [5.41, 5.74) is -0.896. The zero-order chi connectivity index (χ0) is 16.1. The van der Waals surface area contributed by atoms with Gasteiger partial charge in [0.2, 0.25) is 11.8 Å². The average molecular weight is 310 g/mol. The molecule has 9 heteroatoms. The van der Waals surface area contributed by atoms with Crippen molar-refractivity contribution in [2.75, 3.05) is 6.54 Å². The number of carbonyl (C=O) groups is 3. The number of aliphatic carboxylic acids is 1. The molecule has 1 aliphatic rings. The molecule has 3 N–H and O–H groups in total. The van der Waals surface area contributed by atoms with Crippen LogP contribution in [0.2, 0.25) is 0 Å². The minimum atomic E-state index is -4.54. The predicted octanol–water partition coefficient (Wildman–Crippen LogP) is 0.959. The number of alkyl halides is 3. The molecule has 0 saturated heterocycles. The molecule has 0 unspecified atom stereocenters. The van der Waals surface area contributed by atoms with Crippen LogP contribution in [0.1, 0.15) is 38.5 Å². The first kappa shape index (κ1) is 17.3. The zero-order valence-electron chi connectivity index (χ0n) is 11.3. The maximum absolute atomic E-state index is 11.9. The van der Waals surface area contributed by atoms with E-state index in [1.807, 2.05) is 0 Å². The normalized spacial score (nSPS) is 17.3. The molecule has 0 heterocycles. The second-order valence-electron chi connectivity index (χ2n) is 5.17. The monoisotopic (exact) mass is 310 g/mol. The number of carbonyl (C=O) groups excluding carboxylic acids is 2. The molecular formula is C12H17F3N2O4. The van der Waals surface area contributed by atoms with Gasteiger partial charge >= 0.3 is 12.1 Å². The van der Waals surface area contributed by atoms with E-state index in [-0.39, 0.29) is 6.42 Å². The first-order chi connectivity index (χ1) is 9.62. The van der Waals surface area contributed by atoms with E-state index in [9.17, 15) is 27.6 Å². The molecule has 0 atom stereocenters. The predicted molar refractivity (Wildman–Crippen MR) is 65.3 cm³/mol. The van der Waals surface area contributed by atoms with Crippen LogP contribution in [-0.4, -0.2) is 41.2 Å². The second kappa shape index (κ2) is 6.77. The van der Waals surface area contributed by atoms with Gasteiger partial charge in [-0.3, -0.25) is 14.4 Å². The third-order valence-electron chi connectivity index (χ3n) is 3.26. The van der Waals surface area contributed by atoms with Crippen molar-refractivity contribution in [3.8, 4) is 0 Å². The fourth-order valence-electron chi connectivity index (χ4n) is 2.43. The molecule has 0 radical (unpaired) electrons. The Labute approximate surface area is 119 Å². The van der Waals surface area contributed by atoms with Crippen molar-refractivity contribution in [2.24, 2.45) is 0 Å². The Bertz CT molecular complexity index is 417. The van der Waals surface area contributed by atoms with E-state index in [0.29, 0.717) is 12.8 Å². The van der Waals surface area contributed by atoms with Crippen molar-refractivity contribution in [1.29, 1.82) is 0 Å². The number of hydrogen-bond donors (Lipinski definition) is 3. The quantitative estimate of drug-likeness (QED) is 0.637. The number of halogens is 3. The highest BCUT2D eigenvalue weighted by molar-refractivity contribution is 5.97. The second-order valence-corrected chi connectivity index (χ2v) is 5.17. The summed E-state index contributed by atoms with van der Waals surface area (Å²) in [6, 6.07) is 0. The standard InChI is InChI=1S/C12H17F3N2O4/c13-12(14,15)7-16-8(18)5-9(19)17-11(6-10(20)21)3-1-2-4-11/h1-7H2,(H,16,18)(H,17,19)(H,20,21). The Morgan fingerprint density at radius 2 is 1.67 bits per heavy atom. The lowest BCUT2D eigenvalue weighted by Crippen LogP contribution is -2.49. The summed E-state index contributed by atoms with van der Waals surface area (Å²) in [5.74, 6) is -2.88. The minimum Gasteiger partial charge on any atom is -0.481 e. The van der Waals surface area contributed by atoms with Crippen LogP contribution < -0.4 is 10.6 Å². The maximum Gasteiger partial charge on any atom is 0.405 e. The molecule has 0 aromatic carbocycles. The molecule has 120 valence electrons. The smallest absolute Gasteiger partial charge is 0.405 e. The van der Waals surface area contributed by atoms with Gasteiger partial charge in [0.15, 0.2) is 0 Å². The van der Waals surface area contributed by atoms with Crippen molar-refractivity contribution >= 4 is 17.8 Å². The van der Waals surface area contributed by atoms with Gasteiger partial charge in [0.05, 0.1) is 12.0 Å². The fourth-order valence-corrected chi connectivity index (χ4v) is 2.43. The highest BCUT2D eigenvalue weighted by Gasteiger charge is 2.37. The topological polar surface area (TPSA) is 95.5 Å². The van der Waals surface area contributed by atoms with Gasteiger partial charge < -0.3 is 15.7 Å². The molecule has 6 nitrogen and oxygen atoms in total. The highest BCUT2D eigenvalue weighted by atomic mass is 19.4. The minimum absolute atomic E-state index is 0.261. The summed E-state index contributed by atoms with van der Waals surface area (Å²) in [6.45, 7) is -1.50. The maximum atomic E-state index is 11.9. The lowest BCUT2D eigenvalue weighted by atomic mass is 9.93. The molecule has 1 aliphatic carbocycles. The average Bonchev–Trinajstić information content (AvgIpc) is 2.72. The van der Waals surface area contributed by atoms with Gasteiger partial charge in [0, 0.05) is 0 Å². The molecular weight excluding hydrogens is 293 g/mol. The zero-order valence-corrected chi connectivity index (χ0v) is 11.3. The summed E-state index contributed by atoms with van der Waals surface area (Å²) in [6.07, 6.45) is -3.07. The van der Waals surface area contributed by atoms with Gasteiger partial charge in [-0.15, -0.1) is 0 Å². The van der Waals surface area contributed by atoms with Crippen LogP contribution in [0.25, 0.3) is 0 Å². The number of nitrogens with one attached hydrogen (secondary N) is 2. The van der Waals surface area contributed by atoms with Crippen molar-refractivity contribution < 1.29 is 32.7 Å². The molecule has 0 aliphatic heterocycles. The molecule has 2 amide bonds. The Morgan fingerprint density at radius 3 is 2.14 bits per heavy atom. The SMILES string of the molecule is O=C(O)CC1(NC(=O)CC(=O)NCC(F)(F)F)CCCC1. The Morgan fingerprint density at radius 1 is 1.10 bits per heavy atom. The molecule has 0 aromatic rings. The van der Waals surface area contributed by atoms with E-state index in [1.165, 1.54) is 0 Å². The van der Waals surface area contributed by atoms with E-state index in [2.05, 4.69) is 5.32 Å². The number of carboxylic acids is 1. The van der Waals surface area contributed by atoms with E-state index in [4.69, 9.17) is 5.11 Å². The lowest BCUT2D eigenvalue weighted by Gasteiger charge is -2.28. The van der Waals surface area contributed by atoms with E-state index in [1.54, 1.807) is 5.32 Å². The Hall–Kier alpha value is -1.80. The van der Waals surface area contributed by atoms with Crippen LogP contribution >= 0.6 is 0 Å². The highest BCUT2D eigenvalue weighted by Crippen LogP contribution is 2.32. The number of carboxylic acid groups (broad SMARTS) is 1. The third-order valence-corrected chi connectivity index (χ3v) is 3.26. The van der Waals surface area contributed by atoms with Crippen LogP contribution in [0, 0.1) is 0 Å². The van der Waals surface area contributed by atoms with Crippen LogP contribution in [0.3, 0.4) is 0 Å². The summed E-state index contributed by atoms with van der Waals surface area (Å²) < 4.78 is 35.7. The van der Waals surface area contributed by atoms with Gasteiger partial charge in [-0.25, -0.2) is 0 Å². The number of amides is 2. The van der Waals surface area contributed by atoms with E-state index in [0.717, 1.165) is 12.8 Å². The first-order valence-electron chi connectivity index (χ1n) is 6.48. The van der Waals surface area contributed by atoms with Crippen molar-refractivity contribution in [3.63, 3.8) is 0 Å². The van der Waals surface area contributed by atoms with E-state index < -0.39 is 42.5 Å². The molecule has 1 fully saturated rings. The van der Waals surface area contributed by atoms with Gasteiger partial charge in [-0.05, 0) is 12.8 Å². The van der Waals surface area contributed by atoms with Crippen LogP contribution in [-0.2, 0) is 14.4 Å². The summed E-state index contributed by atoms with van der Waals surface area (Å²) in [7, 11) is 0. The molecule has 0 aromatic heterocycles. The fraction of sp³-hybridized carbons (Fsp3) is 0.750. The van der Waals surface area contributed by atoms with Crippen molar-refractivity contribution in [1.82, 2.24) is 10.6 Å². The lowest BCUT2D eigenvalue weighted by molar-refractivity contribution is -0.141. The van der Waals surface area contributed by atoms with Gasteiger partial charge in [-0.1, -0.05) is 12.8 Å². The third kappa shape index (κ3) is 6.46. The molecule has 21 heavy (non-hydrogen) atoms. The molecule has 0 spiro atoms. The Balaban J connectivity index is 2.47. The molecule has 0 bridgehead atoms. The van der Waals surface area contributed by atoms with Crippen LogP contribution in [0.15, 0.2) is 0 Å². The summed E-state index contributed by atoms with van der Waals surface area (Å²) >= 11 is 0. The molecule has 1 saturated carbocycles. The number of rotatable bonds is 6. The van der Waals surface area contributed by atoms with Crippen molar-refractivity contribution in [3.05, 3.63) is 0 Å².